The van der Waals surface area contributed by atoms with Crippen molar-refractivity contribution in [2.75, 3.05) is 0 Å². The van der Waals surface area contributed by atoms with E-state index in [4.69, 9.17) is 0 Å². The molecular weight excluding hydrogens is 270 g/mol. The fourth-order valence-corrected chi connectivity index (χ4v) is 1.27. The van der Waals surface area contributed by atoms with Gasteiger partial charge in [-0.2, -0.15) is 13.2 Å². The summed E-state index contributed by atoms with van der Waals surface area (Å²) in [5, 5.41) is 0. The van der Waals surface area contributed by atoms with Gasteiger partial charge in [-0.25, -0.2) is 9.37 Å². The fourth-order valence-electron chi connectivity index (χ4n) is 1.27. The molecule has 1 atom stereocenters. The molecular formula is C11H7F4NO3. The summed E-state index contributed by atoms with van der Waals surface area (Å²) in [6, 6.07) is 0.651. The van der Waals surface area contributed by atoms with E-state index in [-0.39, 0.29) is 11.8 Å². The highest BCUT2D eigenvalue weighted by Crippen LogP contribution is 2.23. The van der Waals surface area contributed by atoms with Crippen LogP contribution in [0.1, 0.15) is 27.8 Å². The first-order valence-electron chi connectivity index (χ1n) is 4.94. The molecule has 0 fully saturated rings. The minimum Gasteiger partial charge on any atom is -0.298 e. The number of aromatic nitrogens is 1. The Kier molecular flexibility index (Phi) is 4.13. The number of Topliss-reactive ketones (excluding diaryl/α,β-unsaturated/α-hetero) is 2. The second-order valence-corrected chi connectivity index (χ2v) is 3.66. The Morgan fingerprint density at radius 2 is 1.95 bits per heavy atom. The standard InChI is InChI=1S/C11H7F4NO3/c1-5(10(19)11(13,14)15)9(18)8-7(12)2-6(4-17)3-16-8/h2-5H,1H3. The zero-order valence-corrected chi connectivity index (χ0v) is 9.49. The van der Waals surface area contributed by atoms with Gasteiger partial charge in [0.25, 0.3) is 0 Å². The molecule has 0 spiro atoms. The van der Waals surface area contributed by atoms with Crippen LogP contribution in [-0.2, 0) is 4.79 Å². The highest BCUT2D eigenvalue weighted by Gasteiger charge is 2.44. The molecule has 0 radical (unpaired) electrons. The molecule has 8 heteroatoms. The van der Waals surface area contributed by atoms with Crippen molar-refractivity contribution in [2.45, 2.75) is 13.1 Å². The van der Waals surface area contributed by atoms with Crippen molar-refractivity contribution in [3.8, 4) is 0 Å². The third-order valence-electron chi connectivity index (χ3n) is 2.30. The normalized spacial score (nSPS) is 12.9. The predicted octanol–water partition coefficient (Wildman–Crippen LogP) is 1.98. The van der Waals surface area contributed by atoms with Crippen LogP contribution in [-0.4, -0.2) is 29.0 Å². The van der Waals surface area contributed by atoms with Crippen LogP contribution < -0.4 is 0 Å². The summed E-state index contributed by atoms with van der Waals surface area (Å²) in [6.45, 7) is 0.715. The Labute approximate surface area is 104 Å². The topological polar surface area (TPSA) is 64.1 Å². The predicted molar refractivity (Wildman–Crippen MR) is 54.1 cm³/mol. The van der Waals surface area contributed by atoms with Crippen molar-refractivity contribution in [3.63, 3.8) is 0 Å². The van der Waals surface area contributed by atoms with Crippen molar-refractivity contribution < 1.29 is 31.9 Å². The average molecular weight is 277 g/mol. The molecule has 1 heterocycles. The molecule has 1 rings (SSSR count). The molecule has 0 saturated heterocycles. The molecule has 0 aliphatic rings. The second-order valence-electron chi connectivity index (χ2n) is 3.66. The van der Waals surface area contributed by atoms with Crippen LogP contribution in [0.15, 0.2) is 12.3 Å². The van der Waals surface area contributed by atoms with Crippen molar-refractivity contribution in [3.05, 3.63) is 29.3 Å². The number of alkyl halides is 3. The number of pyridine rings is 1. The molecule has 1 unspecified atom stereocenters. The van der Waals surface area contributed by atoms with E-state index < -0.39 is 35.2 Å². The first kappa shape index (κ1) is 14.9. The van der Waals surface area contributed by atoms with Crippen LogP contribution in [0.5, 0.6) is 0 Å². The third kappa shape index (κ3) is 3.21. The molecule has 0 aromatic carbocycles. The SMILES string of the molecule is CC(C(=O)c1ncc(C=O)cc1F)C(=O)C(F)(F)F. The first-order valence-corrected chi connectivity index (χ1v) is 4.94. The van der Waals surface area contributed by atoms with E-state index in [1.807, 2.05) is 0 Å². The highest BCUT2D eigenvalue weighted by molar-refractivity contribution is 6.11. The lowest BCUT2D eigenvalue weighted by Gasteiger charge is -2.11. The number of hydrogen-bond donors (Lipinski definition) is 0. The van der Waals surface area contributed by atoms with Gasteiger partial charge in [0.05, 0.1) is 5.92 Å². The molecule has 0 saturated carbocycles. The summed E-state index contributed by atoms with van der Waals surface area (Å²) >= 11 is 0. The largest absolute Gasteiger partial charge is 0.450 e. The summed E-state index contributed by atoms with van der Waals surface area (Å²) in [7, 11) is 0. The van der Waals surface area contributed by atoms with Gasteiger partial charge in [0, 0.05) is 11.8 Å². The van der Waals surface area contributed by atoms with E-state index in [2.05, 4.69) is 4.98 Å². The summed E-state index contributed by atoms with van der Waals surface area (Å²) < 4.78 is 49.8. The number of rotatable bonds is 4. The Bertz CT molecular complexity index is 539. The van der Waals surface area contributed by atoms with Crippen molar-refractivity contribution in [1.82, 2.24) is 4.98 Å². The lowest BCUT2D eigenvalue weighted by atomic mass is 9.97. The molecule has 0 bridgehead atoms. The molecule has 1 aromatic heterocycles. The van der Waals surface area contributed by atoms with E-state index >= 15 is 0 Å². The maximum atomic E-state index is 13.4. The van der Waals surface area contributed by atoms with E-state index in [9.17, 15) is 31.9 Å². The van der Waals surface area contributed by atoms with Gasteiger partial charge >= 0.3 is 6.18 Å². The lowest BCUT2D eigenvalue weighted by Crippen LogP contribution is -2.34. The maximum absolute atomic E-state index is 13.4. The highest BCUT2D eigenvalue weighted by atomic mass is 19.4. The van der Waals surface area contributed by atoms with Crippen LogP contribution in [0.3, 0.4) is 0 Å². The fraction of sp³-hybridized carbons (Fsp3) is 0.273. The van der Waals surface area contributed by atoms with E-state index in [0.717, 1.165) is 6.20 Å². The van der Waals surface area contributed by atoms with Crippen molar-refractivity contribution in [2.24, 2.45) is 5.92 Å². The number of nitrogens with zero attached hydrogens (tertiary/aromatic N) is 1. The molecule has 4 nitrogen and oxygen atoms in total. The molecule has 102 valence electrons. The van der Waals surface area contributed by atoms with Gasteiger partial charge in [0.15, 0.2) is 17.9 Å². The molecule has 19 heavy (non-hydrogen) atoms. The zero-order chi connectivity index (χ0) is 14.8. The van der Waals surface area contributed by atoms with Gasteiger partial charge in [-0.15, -0.1) is 0 Å². The van der Waals surface area contributed by atoms with Gasteiger partial charge < -0.3 is 0 Å². The van der Waals surface area contributed by atoms with Gasteiger partial charge in [-0.3, -0.25) is 14.4 Å². The Balaban J connectivity index is 3.07. The van der Waals surface area contributed by atoms with E-state index in [1.54, 1.807) is 0 Å². The number of hydrogen-bond acceptors (Lipinski definition) is 4. The van der Waals surface area contributed by atoms with Crippen LogP contribution in [0.25, 0.3) is 0 Å². The monoisotopic (exact) mass is 277 g/mol. The molecule has 0 aliphatic carbocycles. The minimum absolute atomic E-state index is 0.177. The molecule has 0 N–H and O–H groups in total. The summed E-state index contributed by atoms with van der Waals surface area (Å²) in [5.74, 6) is -7.02. The average Bonchev–Trinajstić information content (AvgIpc) is 2.34. The van der Waals surface area contributed by atoms with Crippen LogP contribution in [0.4, 0.5) is 17.6 Å². The quantitative estimate of drug-likeness (QED) is 0.365. The maximum Gasteiger partial charge on any atom is 0.450 e. The second kappa shape index (κ2) is 5.25. The Hall–Kier alpha value is -2.12. The van der Waals surface area contributed by atoms with Gasteiger partial charge in [0.1, 0.15) is 5.69 Å². The summed E-state index contributed by atoms with van der Waals surface area (Å²) in [5.41, 5.74) is -1.08. The summed E-state index contributed by atoms with van der Waals surface area (Å²) in [6.07, 6.45) is -4.10. The molecule has 0 aliphatic heterocycles. The lowest BCUT2D eigenvalue weighted by molar-refractivity contribution is -0.173. The van der Waals surface area contributed by atoms with E-state index in [1.165, 1.54) is 0 Å². The van der Waals surface area contributed by atoms with Crippen molar-refractivity contribution >= 4 is 17.9 Å². The Morgan fingerprint density at radius 1 is 1.37 bits per heavy atom. The van der Waals surface area contributed by atoms with Crippen molar-refractivity contribution in [1.29, 1.82) is 0 Å². The smallest absolute Gasteiger partial charge is 0.298 e. The molecule has 1 aromatic rings. The number of halogens is 4. The summed E-state index contributed by atoms with van der Waals surface area (Å²) in [4.78, 5) is 36.0. The number of aldehydes is 1. The number of ketones is 2. The zero-order valence-electron chi connectivity index (χ0n) is 9.49. The van der Waals surface area contributed by atoms with Crippen LogP contribution in [0.2, 0.25) is 0 Å². The number of carbonyl (C=O) groups excluding carboxylic acids is 3. The van der Waals surface area contributed by atoms with Gasteiger partial charge in [0.2, 0.25) is 5.78 Å². The van der Waals surface area contributed by atoms with Crippen LogP contribution >= 0.6 is 0 Å². The third-order valence-corrected chi connectivity index (χ3v) is 2.30. The van der Waals surface area contributed by atoms with E-state index in [0.29, 0.717) is 13.0 Å². The molecule has 0 amide bonds. The first-order chi connectivity index (χ1) is 8.68. The van der Waals surface area contributed by atoms with Crippen LogP contribution in [0, 0.1) is 11.7 Å². The number of carbonyl (C=O) groups is 3. The Morgan fingerprint density at radius 3 is 2.37 bits per heavy atom. The minimum atomic E-state index is -5.19. The van der Waals surface area contributed by atoms with Gasteiger partial charge in [-0.05, 0) is 13.0 Å². The van der Waals surface area contributed by atoms with Gasteiger partial charge in [-0.1, -0.05) is 0 Å².